The number of aromatic nitrogens is 4. The molecule has 1 fully saturated rings. The Morgan fingerprint density at radius 3 is 2.45 bits per heavy atom. The Labute approximate surface area is 278 Å². The van der Waals surface area contributed by atoms with Gasteiger partial charge >= 0.3 is 0 Å². The van der Waals surface area contributed by atoms with Crippen molar-refractivity contribution in [3.8, 4) is 11.4 Å². The number of anilines is 1. The zero-order valence-corrected chi connectivity index (χ0v) is 26.5. The number of aromatic amines is 1. The van der Waals surface area contributed by atoms with Gasteiger partial charge in [0.25, 0.3) is 17.7 Å². The lowest BCUT2D eigenvalue weighted by molar-refractivity contribution is -0.125. The van der Waals surface area contributed by atoms with Crippen molar-refractivity contribution in [1.29, 1.82) is 0 Å². The minimum Gasteiger partial charge on any atom is -0.381 e. The molecular formula is C34H30BrN7O5. The zero-order valence-electron chi connectivity index (χ0n) is 24.9. The highest BCUT2D eigenvalue weighted by Crippen LogP contribution is 2.29. The Balaban J connectivity index is 1.21. The van der Waals surface area contributed by atoms with Crippen LogP contribution in [0.2, 0.25) is 0 Å². The first-order valence-corrected chi connectivity index (χ1v) is 15.6. The SMILES string of the molecule is O=C(N[C@@H](Cc1ccccc1)[C@H](O)C(=O)Nc1cccc(-c2nn[nH]n2)c1)c1cc(Br)cc(C(=O)N2COC[C@@H]2c2ccccc2)c1. The van der Waals surface area contributed by atoms with Crippen LogP contribution in [0.15, 0.2) is 108 Å². The number of hydrogen-bond acceptors (Lipinski definition) is 8. The average Bonchev–Trinajstić information content (AvgIpc) is 3.82. The monoisotopic (exact) mass is 695 g/mol. The first-order valence-electron chi connectivity index (χ1n) is 14.8. The first kappa shape index (κ1) is 31.7. The van der Waals surface area contributed by atoms with Gasteiger partial charge in [0, 0.05) is 26.9 Å². The summed E-state index contributed by atoms with van der Waals surface area (Å²) < 4.78 is 6.16. The second kappa shape index (κ2) is 14.5. The number of halogens is 1. The molecule has 5 aromatic rings. The fourth-order valence-electron chi connectivity index (χ4n) is 5.38. The highest BCUT2D eigenvalue weighted by atomic mass is 79.9. The number of carbonyl (C=O) groups is 3. The third-order valence-electron chi connectivity index (χ3n) is 7.73. The molecule has 4 aromatic carbocycles. The number of hydrogen-bond donors (Lipinski definition) is 4. The van der Waals surface area contributed by atoms with Crippen LogP contribution in [0.5, 0.6) is 0 Å². The summed E-state index contributed by atoms with van der Waals surface area (Å²) in [7, 11) is 0. The summed E-state index contributed by atoms with van der Waals surface area (Å²) in [6.45, 7) is 0.477. The van der Waals surface area contributed by atoms with Crippen molar-refractivity contribution < 1.29 is 24.2 Å². The van der Waals surface area contributed by atoms with Crippen molar-refractivity contribution in [1.82, 2.24) is 30.8 Å². The summed E-state index contributed by atoms with van der Waals surface area (Å²) >= 11 is 3.44. The highest BCUT2D eigenvalue weighted by Gasteiger charge is 2.33. The van der Waals surface area contributed by atoms with Gasteiger partial charge in [-0.25, -0.2) is 0 Å². The number of H-pyrrole nitrogens is 1. The van der Waals surface area contributed by atoms with Gasteiger partial charge in [0.15, 0.2) is 6.10 Å². The number of nitrogens with one attached hydrogen (secondary N) is 3. The molecule has 12 nitrogen and oxygen atoms in total. The van der Waals surface area contributed by atoms with Crippen LogP contribution >= 0.6 is 15.9 Å². The molecule has 1 saturated heterocycles. The standard InChI is InChI=1S/C34H30BrN7O5/c35-26-16-24(15-25(17-26)34(46)42-20-47-19-29(42)22-10-5-2-6-11-22)32(44)37-28(14-21-8-3-1-4-9-21)30(43)33(45)36-27-13-7-12-23(18-27)31-38-40-41-39-31/h1-13,15-18,28-30,43H,14,19-20H2,(H,36,45)(H,37,44)(H,38,39,40,41)/t28-,29+,30-/m0/s1. The summed E-state index contributed by atoms with van der Waals surface area (Å²) in [6, 6.07) is 29.0. The Hall–Kier alpha value is -5.24. The lowest BCUT2D eigenvalue weighted by atomic mass is 9.99. The number of tetrazole rings is 1. The molecule has 1 aliphatic heterocycles. The summed E-state index contributed by atoms with van der Waals surface area (Å²) in [5.41, 5.74) is 3.22. The van der Waals surface area contributed by atoms with Crippen LogP contribution in [0.3, 0.4) is 0 Å². The van der Waals surface area contributed by atoms with Crippen LogP contribution in [0.25, 0.3) is 11.4 Å². The Morgan fingerprint density at radius 2 is 1.70 bits per heavy atom. The molecule has 0 spiro atoms. The van der Waals surface area contributed by atoms with Gasteiger partial charge in [-0.3, -0.25) is 14.4 Å². The van der Waals surface area contributed by atoms with Crippen molar-refractivity contribution in [3.63, 3.8) is 0 Å². The lowest BCUT2D eigenvalue weighted by Gasteiger charge is -2.25. The van der Waals surface area contributed by atoms with Gasteiger partial charge in [-0.1, -0.05) is 88.7 Å². The van der Waals surface area contributed by atoms with E-state index in [0.717, 1.165) is 11.1 Å². The maximum Gasteiger partial charge on any atom is 0.256 e. The molecule has 2 heterocycles. The van der Waals surface area contributed by atoms with Crippen LogP contribution in [-0.2, 0) is 16.0 Å². The molecule has 6 rings (SSSR count). The topological polar surface area (TPSA) is 162 Å². The van der Waals surface area contributed by atoms with Gasteiger partial charge in [-0.15, -0.1) is 10.2 Å². The molecule has 0 radical (unpaired) electrons. The second-order valence-corrected chi connectivity index (χ2v) is 11.9. The van der Waals surface area contributed by atoms with Crippen molar-refractivity contribution in [2.24, 2.45) is 0 Å². The van der Waals surface area contributed by atoms with Gasteiger partial charge < -0.3 is 25.4 Å². The van der Waals surface area contributed by atoms with Crippen molar-refractivity contribution >= 4 is 39.3 Å². The van der Waals surface area contributed by atoms with Crippen LogP contribution < -0.4 is 10.6 Å². The molecule has 0 bridgehead atoms. The molecule has 13 heteroatoms. The highest BCUT2D eigenvalue weighted by molar-refractivity contribution is 9.10. The molecule has 0 aliphatic carbocycles. The van der Waals surface area contributed by atoms with E-state index in [1.54, 1.807) is 41.3 Å². The fraction of sp³-hybridized carbons (Fsp3) is 0.176. The second-order valence-electron chi connectivity index (χ2n) is 10.9. The minimum atomic E-state index is -1.63. The number of aliphatic hydroxyl groups excluding tert-OH is 1. The van der Waals surface area contributed by atoms with E-state index in [2.05, 4.69) is 47.2 Å². The largest absolute Gasteiger partial charge is 0.381 e. The maximum absolute atomic E-state index is 13.7. The van der Waals surface area contributed by atoms with Crippen LogP contribution in [0, 0.1) is 0 Å². The summed E-state index contributed by atoms with van der Waals surface area (Å²) in [5, 5.41) is 30.7. The fourth-order valence-corrected chi connectivity index (χ4v) is 5.88. The number of ether oxygens (including phenoxy) is 1. The molecule has 3 atom stereocenters. The number of carbonyl (C=O) groups excluding carboxylic acids is 3. The predicted molar refractivity (Wildman–Crippen MR) is 176 cm³/mol. The summed E-state index contributed by atoms with van der Waals surface area (Å²) in [6.07, 6.45) is -1.47. The quantitative estimate of drug-likeness (QED) is 0.169. The molecule has 1 aliphatic rings. The van der Waals surface area contributed by atoms with Crippen LogP contribution in [-0.4, -0.2) is 73.8 Å². The Kier molecular flexibility index (Phi) is 9.76. The molecule has 0 saturated carbocycles. The van der Waals surface area contributed by atoms with E-state index in [4.69, 9.17) is 4.74 Å². The Bertz CT molecular complexity index is 1860. The predicted octanol–water partition coefficient (Wildman–Crippen LogP) is 4.14. The zero-order chi connectivity index (χ0) is 32.8. The van der Waals surface area contributed by atoms with E-state index < -0.39 is 24.0 Å². The molecular weight excluding hydrogens is 666 g/mol. The van der Waals surface area contributed by atoms with Gasteiger partial charge in [-0.2, -0.15) is 5.21 Å². The minimum absolute atomic E-state index is 0.116. The lowest BCUT2D eigenvalue weighted by Crippen LogP contribution is -2.50. The van der Waals surface area contributed by atoms with Gasteiger partial charge in [0.1, 0.15) is 6.73 Å². The van der Waals surface area contributed by atoms with Crippen molar-refractivity contribution in [2.45, 2.75) is 24.6 Å². The third kappa shape index (κ3) is 7.60. The van der Waals surface area contributed by atoms with E-state index in [1.165, 1.54) is 6.07 Å². The first-order chi connectivity index (χ1) is 22.9. The molecule has 4 N–H and O–H groups in total. The van der Waals surface area contributed by atoms with E-state index in [0.29, 0.717) is 28.2 Å². The number of aliphatic hydroxyl groups is 1. The Morgan fingerprint density at radius 1 is 0.957 bits per heavy atom. The van der Waals surface area contributed by atoms with Gasteiger partial charge in [0.2, 0.25) is 5.82 Å². The molecule has 1 aromatic heterocycles. The smallest absolute Gasteiger partial charge is 0.256 e. The van der Waals surface area contributed by atoms with E-state index in [9.17, 15) is 19.5 Å². The molecule has 47 heavy (non-hydrogen) atoms. The van der Waals surface area contributed by atoms with Crippen LogP contribution in [0.4, 0.5) is 5.69 Å². The molecule has 0 unspecified atom stereocenters. The number of nitrogens with zero attached hydrogens (tertiary/aromatic N) is 4. The van der Waals surface area contributed by atoms with Gasteiger partial charge in [-0.05, 0) is 53.1 Å². The molecule has 238 valence electrons. The van der Waals surface area contributed by atoms with E-state index in [1.807, 2.05) is 60.7 Å². The normalized spacial score (nSPS) is 15.5. The molecule has 3 amide bonds. The average molecular weight is 697 g/mol. The van der Waals surface area contributed by atoms with Crippen molar-refractivity contribution in [2.75, 3.05) is 18.7 Å². The maximum atomic E-state index is 13.7. The summed E-state index contributed by atoms with van der Waals surface area (Å²) in [5.74, 6) is -1.24. The number of benzene rings is 4. The van der Waals surface area contributed by atoms with E-state index in [-0.39, 0.29) is 36.2 Å². The van der Waals surface area contributed by atoms with Gasteiger partial charge in [0.05, 0.1) is 18.7 Å². The summed E-state index contributed by atoms with van der Waals surface area (Å²) in [4.78, 5) is 42.3. The number of amides is 3. The third-order valence-corrected chi connectivity index (χ3v) is 8.19. The van der Waals surface area contributed by atoms with E-state index >= 15 is 0 Å². The number of rotatable bonds is 10. The van der Waals surface area contributed by atoms with Crippen LogP contribution in [0.1, 0.15) is 37.9 Å². The van der Waals surface area contributed by atoms with Crippen molar-refractivity contribution in [3.05, 3.63) is 130 Å².